The van der Waals surface area contributed by atoms with Gasteiger partial charge in [-0.05, 0) is 29.4 Å². The third-order valence-corrected chi connectivity index (χ3v) is 6.10. The summed E-state index contributed by atoms with van der Waals surface area (Å²) >= 11 is 0. The number of benzene rings is 1. The lowest BCUT2D eigenvalue weighted by molar-refractivity contribution is 0.143. The van der Waals surface area contributed by atoms with E-state index in [9.17, 15) is 13.5 Å². The smallest absolute Gasteiger partial charge is 0.243 e. The highest BCUT2D eigenvalue weighted by molar-refractivity contribution is 7.89. The Morgan fingerprint density at radius 3 is 2.38 bits per heavy atom. The molecule has 1 saturated heterocycles. The van der Waals surface area contributed by atoms with E-state index in [0.717, 1.165) is 12.0 Å². The summed E-state index contributed by atoms with van der Waals surface area (Å²) in [7, 11) is -3.56. The van der Waals surface area contributed by atoms with Gasteiger partial charge in [-0.15, -0.1) is 0 Å². The minimum absolute atomic E-state index is 0.0292. The van der Waals surface area contributed by atoms with Gasteiger partial charge in [0.1, 0.15) is 0 Å². The number of aliphatic hydroxyl groups is 1. The first-order valence-electron chi connectivity index (χ1n) is 7.45. The van der Waals surface area contributed by atoms with Crippen molar-refractivity contribution in [1.82, 2.24) is 4.31 Å². The summed E-state index contributed by atoms with van der Waals surface area (Å²) in [6, 6.07) is 7.16. The number of hydrogen-bond acceptors (Lipinski definition) is 3. The maximum absolute atomic E-state index is 12.9. The molecule has 1 fully saturated rings. The molecule has 2 rings (SSSR count). The average Bonchev–Trinajstić information content (AvgIpc) is 2.80. The van der Waals surface area contributed by atoms with E-state index in [1.54, 1.807) is 12.1 Å². The molecule has 1 heterocycles. The first-order valence-corrected chi connectivity index (χ1v) is 8.89. The predicted molar refractivity (Wildman–Crippen MR) is 83.7 cm³/mol. The summed E-state index contributed by atoms with van der Waals surface area (Å²) in [5, 5.41) is 9.99. The Bertz CT molecular complexity index is 604. The Hall–Kier alpha value is -0.910. The summed E-state index contributed by atoms with van der Waals surface area (Å²) in [4.78, 5) is 0.362. The van der Waals surface area contributed by atoms with Gasteiger partial charge in [0, 0.05) is 13.1 Å². The van der Waals surface area contributed by atoms with E-state index in [0.29, 0.717) is 11.4 Å². The van der Waals surface area contributed by atoms with Crippen molar-refractivity contribution in [2.75, 3.05) is 13.1 Å². The lowest BCUT2D eigenvalue weighted by Gasteiger charge is -2.25. The molecule has 0 aromatic heterocycles. The molecule has 5 heteroatoms. The van der Waals surface area contributed by atoms with Crippen molar-refractivity contribution in [2.45, 2.75) is 50.5 Å². The lowest BCUT2D eigenvalue weighted by Crippen LogP contribution is -2.31. The molecule has 1 aliphatic heterocycles. The maximum atomic E-state index is 12.9. The van der Waals surface area contributed by atoms with Crippen LogP contribution in [0.3, 0.4) is 0 Å². The van der Waals surface area contributed by atoms with E-state index in [-0.39, 0.29) is 17.9 Å². The highest BCUT2D eigenvalue weighted by Crippen LogP contribution is 2.33. The van der Waals surface area contributed by atoms with Crippen LogP contribution in [0.5, 0.6) is 0 Å². The molecule has 0 radical (unpaired) electrons. The molecule has 4 nitrogen and oxygen atoms in total. The molecular formula is C16H25NO3S. The second-order valence-electron chi connectivity index (χ2n) is 6.80. The van der Waals surface area contributed by atoms with Crippen LogP contribution in [0.4, 0.5) is 0 Å². The number of rotatable bonds is 3. The van der Waals surface area contributed by atoms with E-state index in [1.165, 1.54) is 4.31 Å². The summed E-state index contributed by atoms with van der Waals surface area (Å²) in [6.45, 7) is 8.60. The zero-order valence-corrected chi connectivity index (χ0v) is 14.0. The van der Waals surface area contributed by atoms with Crippen LogP contribution in [0.2, 0.25) is 0 Å². The van der Waals surface area contributed by atoms with Crippen LogP contribution in [-0.2, 0) is 15.4 Å². The monoisotopic (exact) mass is 311 g/mol. The van der Waals surface area contributed by atoms with Gasteiger partial charge in [0.15, 0.2) is 0 Å². The Morgan fingerprint density at radius 2 is 1.86 bits per heavy atom. The minimum Gasteiger partial charge on any atom is -0.391 e. The third kappa shape index (κ3) is 3.15. The van der Waals surface area contributed by atoms with Crippen molar-refractivity contribution in [2.24, 2.45) is 5.92 Å². The molecule has 1 N–H and O–H groups in total. The molecule has 1 aromatic carbocycles. The topological polar surface area (TPSA) is 57.6 Å². The fourth-order valence-corrected chi connectivity index (χ4v) is 4.78. The highest BCUT2D eigenvalue weighted by atomic mass is 32.2. The second-order valence-corrected chi connectivity index (χ2v) is 8.71. The van der Waals surface area contributed by atoms with Crippen LogP contribution >= 0.6 is 0 Å². The van der Waals surface area contributed by atoms with Crippen molar-refractivity contribution in [3.8, 4) is 0 Å². The van der Waals surface area contributed by atoms with Crippen molar-refractivity contribution >= 4 is 10.0 Å². The normalized spacial score (nSPS) is 24.4. The Kier molecular flexibility index (Phi) is 4.47. The van der Waals surface area contributed by atoms with Gasteiger partial charge in [-0.25, -0.2) is 8.42 Å². The van der Waals surface area contributed by atoms with E-state index in [1.807, 2.05) is 39.8 Å². The largest absolute Gasteiger partial charge is 0.391 e. The molecule has 1 aromatic rings. The predicted octanol–water partition coefficient (Wildman–Crippen LogP) is 2.38. The zero-order chi connectivity index (χ0) is 15.8. The van der Waals surface area contributed by atoms with Gasteiger partial charge in [0.2, 0.25) is 10.0 Å². The molecule has 118 valence electrons. The average molecular weight is 311 g/mol. The number of aliphatic hydroxyl groups excluding tert-OH is 1. The summed E-state index contributed by atoms with van der Waals surface area (Å²) in [5.41, 5.74) is 0.575. The van der Waals surface area contributed by atoms with Crippen LogP contribution < -0.4 is 0 Å². The number of hydrogen-bond donors (Lipinski definition) is 1. The van der Waals surface area contributed by atoms with Gasteiger partial charge in [0.25, 0.3) is 0 Å². The van der Waals surface area contributed by atoms with Crippen LogP contribution in [0.15, 0.2) is 29.2 Å². The first kappa shape index (κ1) is 16.5. The number of nitrogens with zero attached hydrogens (tertiary/aromatic N) is 1. The van der Waals surface area contributed by atoms with E-state index in [2.05, 4.69) is 0 Å². The van der Waals surface area contributed by atoms with Gasteiger partial charge in [-0.3, -0.25) is 0 Å². The summed E-state index contributed by atoms with van der Waals surface area (Å²) < 4.78 is 27.3. The van der Waals surface area contributed by atoms with Crippen LogP contribution in [0.25, 0.3) is 0 Å². The summed E-state index contributed by atoms with van der Waals surface area (Å²) in [6.07, 6.45) is 0.222. The molecule has 0 spiro atoms. The summed E-state index contributed by atoms with van der Waals surface area (Å²) in [5.74, 6) is 0.0292. The number of sulfonamides is 1. The third-order valence-electron chi connectivity index (χ3n) is 4.21. The zero-order valence-electron chi connectivity index (χ0n) is 13.2. The molecule has 0 bridgehead atoms. The van der Waals surface area contributed by atoms with Crippen molar-refractivity contribution in [3.05, 3.63) is 29.8 Å². The molecule has 0 aliphatic carbocycles. The van der Waals surface area contributed by atoms with Gasteiger partial charge < -0.3 is 5.11 Å². The molecule has 0 amide bonds. The molecular weight excluding hydrogens is 286 g/mol. The van der Waals surface area contributed by atoms with Crippen molar-refractivity contribution < 1.29 is 13.5 Å². The van der Waals surface area contributed by atoms with Gasteiger partial charge in [0.05, 0.1) is 11.0 Å². The molecule has 1 aliphatic rings. The Labute approximate surface area is 127 Å². The Balaban J connectivity index is 2.43. The molecule has 2 unspecified atom stereocenters. The van der Waals surface area contributed by atoms with E-state index in [4.69, 9.17) is 0 Å². The fraction of sp³-hybridized carbons (Fsp3) is 0.625. The quantitative estimate of drug-likeness (QED) is 0.932. The Morgan fingerprint density at radius 1 is 1.24 bits per heavy atom. The molecule has 2 atom stereocenters. The second kappa shape index (κ2) is 5.71. The number of β-amino-alcohol motifs (C(OH)–C–C–N with tert-alkyl or cyclic N) is 1. The van der Waals surface area contributed by atoms with Gasteiger partial charge in [-0.1, -0.05) is 45.9 Å². The maximum Gasteiger partial charge on any atom is 0.243 e. The van der Waals surface area contributed by atoms with Gasteiger partial charge in [-0.2, -0.15) is 4.31 Å². The van der Waals surface area contributed by atoms with E-state index < -0.39 is 16.1 Å². The van der Waals surface area contributed by atoms with Gasteiger partial charge >= 0.3 is 0 Å². The lowest BCUT2D eigenvalue weighted by atomic mass is 9.87. The van der Waals surface area contributed by atoms with E-state index >= 15 is 0 Å². The van der Waals surface area contributed by atoms with Crippen molar-refractivity contribution in [3.63, 3.8) is 0 Å². The highest BCUT2D eigenvalue weighted by Gasteiger charge is 2.39. The van der Waals surface area contributed by atoms with Crippen LogP contribution in [0, 0.1) is 5.92 Å². The fourth-order valence-electron chi connectivity index (χ4n) is 2.86. The molecule has 21 heavy (non-hydrogen) atoms. The van der Waals surface area contributed by atoms with Crippen LogP contribution in [0.1, 0.15) is 39.7 Å². The SMILES string of the molecule is CCC1CN(S(=O)(=O)c2ccccc2C(C)(C)C)CC1O. The van der Waals surface area contributed by atoms with Crippen molar-refractivity contribution in [1.29, 1.82) is 0 Å². The molecule has 0 saturated carbocycles. The first-order chi connectivity index (χ1) is 9.67. The van der Waals surface area contributed by atoms with Crippen LogP contribution in [-0.4, -0.2) is 37.0 Å². The standard InChI is InChI=1S/C16H25NO3S/c1-5-12-10-17(11-14(12)18)21(19,20)15-9-7-6-8-13(15)16(2,3)4/h6-9,12,14,18H,5,10-11H2,1-4H3. The minimum atomic E-state index is -3.56.